The van der Waals surface area contributed by atoms with Crippen molar-refractivity contribution in [3.63, 3.8) is 0 Å². The van der Waals surface area contributed by atoms with Gasteiger partial charge in [-0.15, -0.1) is 0 Å². The van der Waals surface area contributed by atoms with Crippen molar-refractivity contribution in [3.8, 4) is 5.75 Å². The van der Waals surface area contributed by atoms with E-state index in [0.717, 1.165) is 43.2 Å². The van der Waals surface area contributed by atoms with Crippen molar-refractivity contribution < 1.29 is 9.53 Å². The summed E-state index contributed by atoms with van der Waals surface area (Å²) in [6.07, 6.45) is 2.21. The first kappa shape index (κ1) is 12.0. The first-order valence-corrected chi connectivity index (χ1v) is 6.14. The van der Waals surface area contributed by atoms with Crippen molar-refractivity contribution in [2.45, 2.75) is 19.8 Å². The maximum atomic E-state index is 12.2. The molecule has 0 aliphatic carbocycles. The average Bonchev–Trinajstić information content (AvgIpc) is 2.39. The van der Waals surface area contributed by atoms with Crippen LogP contribution in [0.2, 0.25) is 0 Å². The first-order valence-electron chi connectivity index (χ1n) is 6.14. The van der Waals surface area contributed by atoms with Gasteiger partial charge in [0.15, 0.2) is 0 Å². The Morgan fingerprint density at radius 3 is 2.71 bits per heavy atom. The number of hydrogen-bond donors (Lipinski definition) is 0. The first-order chi connectivity index (χ1) is 8.20. The summed E-state index contributed by atoms with van der Waals surface area (Å²) in [5.41, 5.74) is 0.721. The lowest BCUT2D eigenvalue weighted by molar-refractivity contribution is 0.0697. The lowest BCUT2D eigenvalue weighted by Gasteiger charge is -2.30. The third-order valence-electron chi connectivity index (χ3n) is 3.39. The Hall–Kier alpha value is -1.51. The summed E-state index contributed by atoms with van der Waals surface area (Å²) < 4.78 is 5.14. The smallest absolute Gasteiger partial charge is 0.253 e. The number of nitrogens with zero attached hydrogens (tertiary/aromatic N) is 1. The molecule has 0 radical (unpaired) electrons. The van der Waals surface area contributed by atoms with E-state index in [1.165, 1.54) is 0 Å². The highest BCUT2D eigenvalue weighted by atomic mass is 16.5. The lowest BCUT2D eigenvalue weighted by Crippen LogP contribution is -2.37. The standard InChI is InChI=1S/C14H19NO2/c1-11-6-8-15(9-7-11)14(16)12-4-3-5-13(10-12)17-2/h3-5,10-11H,6-9H2,1-2H3. The highest BCUT2D eigenvalue weighted by molar-refractivity contribution is 5.94. The number of methoxy groups -OCH3 is 1. The van der Waals surface area contributed by atoms with Crippen LogP contribution in [0.15, 0.2) is 24.3 Å². The summed E-state index contributed by atoms with van der Waals surface area (Å²) >= 11 is 0. The molecule has 0 spiro atoms. The van der Waals surface area contributed by atoms with Gasteiger partial charge in [-0.3, -0.25) is 4.79 Å². The van der Waals surface area contributed by atoms with E-state index >= 15 is 0 Å². The maximum absolute atomic E-state index is 12.2. The van der Waals surface area contributed by atoms with E-state index in [4.69, 9.17) is 4.74 Å². The number of rotatable bonds is 2. The number of carbonyl (C=O) groups is 1. The van der Waals surface area contributed by atoms with Crippen LogP contribution in [0.5, 0.6) is 5.75 Å². The van der Waals surface area contributed by atoms with Crippen LogP contribution in [0.3, 0.4) is 0 Å². The summed E-state index contributed by atoms with van der Waals surface area (Å²) in [5.74, 6) is 1.60. The minimum Gasteiger partial charge on any atom is -0.497 e. The molecule has 1 aromatic rings. The molecule has 1 aromatic carbocycles. The van der Waals surface area contributed by atoms with Crippen LogP contribution in [0.4, 0.5) is 0 Å². The van der Waals surface area contributed by atoms with Crippen LogP contribution in [0, 0.1) is 5.92 Å². The van der Waals surface area contributed by atoms with Crippen LogP contribution in [0.25, 0.3) is 0 Å². The monoisotopic (exact) mass is 233 g/mol. The Morgan fingerprint density at radius 1 is 1.35 bits per heavy atom. The molecule has 1 amide bonds. The van der Waals surface area contributed by atoms with Gasteiger partial charge in [-0.2, -0.15) is 0 Å². The van der Waals surface area contributed by atoms with E-state index in [9.17, 15) is 4.79 Å². The van der Waals surface area contributed by atoms with Gasteiger partial charge < -0.3 is 9.64 Å². The van der Waals surface area contributed by atoms with Crippen LogP contribution in [-0.2, 0) is 0 Å². The zero-order valence-corrected chi connectivity index (χ0v) is 10.5. The maximum Gasteiger partial charge on any atom is 0.253 e. The molecule has 1 fully saturated rings. The number of piperidine rings is 1. The normalized spacial score (nSPS) is 16.9. The van der Waals surface area contributed by atoms with Crippen molar-refractivity contribution in [1.82, 2.24) is 4.90 Å². The van der Waals surface area contributed by atoms with Crippen LogP contribution < -0.4 is 4.74 Å². The summed E-state index contributed by atoms with van der Waals surface area (Å²) in [7, 11) is 1.62. The van der Waals surface area contributed by atoms with Gasteiger partial charge in [-0.25, -0.2) is 0 Å². The zero-order chi connectivity index (χ0) is 12.3. The molecule has 0 bridgehead atoms. The molecular weight excluding hydrogens is 214 g/mol. The van der Waals surface area contributed by atoms with E-state index in [1.807, 2.05) is 23.1 Å². The fourth-order valence-corrected chi connectivity index (χ4v) is 2.15. The van der Waals surface area contributed by atoms with E-state index in [0.29, 0.717) is 0 Å². The highest BCUT2D eigenvalue weighted by Gasteiger charge is 2.21. The summed E-state index contributed by atoms with van der Waals surface area (Å²) in [4.78, 5) is 14.2. The molecule has 0 unspecified atom stereocenters. The minimum atomic E-state index is 0.121. The minimum absolute atomic E-state index is 0.121. The number of likely N-dealkylation sites (tertiary alicyclic amines) is 1. The number of amides is 1. The number of ether oxygens (including phenoxy) is 1. The largest absolute Gasteiger partial charge is 0.497 e. The molecule has 92 valence electrons. The van der Waals surface area contributed by atoms with Crippen molar-refractivity contribution in [2.24, 2.45) is 5.92 Å². The van der Waals surface area contributed by atoms with Crippen molar-refractivity contribution >= 4 is 5.91 Å². The summed E-state index contributed by atoms with van der Waals surface area (Å²) in [6.45, 7) is 3.99. The number of carbonyl (C=O) groups excluding carboxylic acids is 1. The van der Waals surface area contributed by atoms with Crippen LogP contribution in [0.1, 0.15) is 30.1 Å². The molecule has 17 heavy (non-hydrogen) atoms. The topological polar surface area (TPSA) is 29.5 Å². The summed E-state index contributed by atoms with van der Waals surface area (Å²) in [5, 5.41) is 0. The second kappa shape index (κ2) is 5.21. The molecule has 0 saturated carbocycles. The highest BCUT2D eigenvalue weighted by Crippen LogP contribution is 2.20. The average molecular weight is 233 g/mol. The molecule has 0 aromatic heterocycles. The van der Waals surface area contributed by atoms with Crippen LogP contribution >= 0.6 is 0 Å². The lowest BCUT2D eigenvalue weighted by atomic mass is 9.98. The van der Waals surface area contributed by atoms with Gasteiger partial charge in [0.05, 0.1) is 7.11 Å². The molecule has 0 atom stereocenters. The molecule has 1 saturated heterocycles. The van der Waals surface area contributed by atoms with Gasteiger partial charge in [0.2, 0.25) is 0 Å². The van der Waals surface area contributed by atoms with E-state index in [2.05, 4.69) is 6.92 Å². The Bertz CT molecular complexity index is 395. The summed E-state index contributed by atoms with van der Waals surface area (Å²) in [6, 6.07) is 7.37. The number of benzene rings is 1. The number of hydrogen-bond acceptors (Lipinski definition) is 2. The van der Waals surface area contributed by atoms with E-state index in [-0.39, 0.29) is 5.91 Å². The molecule has 0 N–H and O–H groups in total. The molecular formula is C14H19NO2. The van der Waals surface area contributed by atoms with Crippen LogP contribution in [-0.4, -0.2) is 31.0 Å². The third kappa shape index (κ3) is 2.78. The fourth-order valence-electron chi connectivity index (χ4n) is 2.15. The molecule has 1 heterocycles. The molecule has 2 rings (SSSR count). The zero-order valence-electron chi connectivity index (χ0n) is 10.5. The SMILES string of the molecule is COc1cccc(C(=O)N2CCC(C)CC2)c1. The second-order valence-corrected chi connectivity index (χ2v) is 4.71. The third-order valence-corrected chi connectivity index (χ3v) is 3.39. The fraction of sp³-hybridized carbons (Fsp3) is 0.500. The Morgan fingerprint density at radius 2 is 2.06 bits per heavy atom. The van der Waals surface area contributed by atoms with E-state index < -0.39 is 0 Å². The van der Waals surface area contributed by atoms with Crippen molar-refractivity contribution in [1.29, 1.82) is 0 Å². The second-order valence-electron chi connectivity index (χ2n) is 4.71. The Kier molecular flexibility index (Phi) is 3.67. The molecule has 3 nitrogen and oxygen atoms in total. The molecule has 3 heteroatoms. The van der Waals surface area contributed by atoms with Gasteiger partial charge in [0.25, 0.3) is 5.91 Å². The van der Waals surface area contributed by atoms with Crippen molar-refractivity contribution in [2.75, 3.05) is 20.2 Å². The molecule has 1 aliphatic rings. The quantitative estimate of drug-likeness (QED) is 0.785. The van der Waals surface area contributed by atoms with Gasteiger partial charge in [-0.05, 0) is 37.0 Å². The van der Waals surface area contributed by atoms with Gasteiger partial charge in [0.1, 0.15) is 5.75 Å². The van der Waals surface area contributed by atoms with Gasteiger partial charge >= 0.3 is 0 Å². The predicted molar refractivity (Wildman–Crippen MR) is 67.3 cm³/mol. The van der Waals surface area contributed by atoms with Gasteiger partial charge in [-0.1, -0.05) is 13.0 Å². The van der Waals surface area contributed by atoms with Gasteiger partial charge in [0, 0.05) is 18.7 Å². The predicted octanol–water partition coefficient (Wildman–Crippen LogP) is 2.57. The molecule has 1 aliphatic heterocycles. The Labute approximate surface area is 102 Å². The van der Waals surface area contributed by atoms with Crippen molar-refractivity contribution in [3.05, 3.63) is 29.8 Å². The van der Waals surface area contributed by atoms with E-state index in [1.54, 1.807) is 13.2 Å². The Balaban J connectivity index is 2.08.